The molecule has 2 atom stereocenters. The number of hydrogen-bond acceptors (Lipinski definition) is 5. The van der Waals surface area contributed by atoms with Crippen LogP contribution < -0.4 is 4.74 Å². The Labute approximate surface area is 154 Å². The molecule has 2 aromatic rings. The van der Waals surface area contributed by atoms with Crippen molar-refractivity contribution >= 4 is 27.7 Å². The SMILES string of the molecule is C[C@H](Oc1ccc(C#N)cc1)C(=O)O[C@@H](C)C(=O)c1ccc(Br)cc1. The maximum absolute atomic E-state index is 12.3. The first-order valence-electron chi connectivity index (χ1n) is 7.58. The molecule has 0 aromatic heterocycles. The Morgan fingerprint density at radius 2 is 1.60 bits per heavy atom. The zero-order valence-corrected chi connectivity index (χ0v) is 15.3. The number of carbonyl (C=O) groups is 2. The van der Waals surface area contributed by atoms with Crippen LogP contribution in [0.2, 0.25) is 0 Å². The standard InChI is InChI=1S/C19H16BrNO4/c1-12(18(22)15-5-7-16(20)8-6-15)25-19(23)13(2)24-17-9-3-14(11-21)4-10-17/h3-10,12-13H,1-2H3/t12-,13-/m0/s1. The van der Waals surface area contributed by atoms with Crippen LogP contribution in [0.4, 0.5) is 0 Å². The van der Waals surface area contributed by atoms with Crippen molar-refractivity contribution in [3.63, 3.8) is 0 Å². The van der Waals surface area contributed by atoms with Crippen molar-refractivity contribution in [2.75, 3.05) is 0 Å². The highest BCUT2D eigenvalue weighted by Gasteiger charge is 2.24. The molecule has 2 rings (SSSR count). The van der Waals surface area contributed by atoms with Crippen molar-refractivity contribution in [3.8, 4) is 11.8 Å². The van der Waals surface area contributed by atoms with E-state index < -0.39 is 18.2 Å². The van der Waals surface area contributed by atoms with E-state index >= 15 is 0 Å². The molecule has 0 spiro atoms. The number of carbonyl (C=O) groups excluding carboxylic acids is 2. The van der Waals surface area contributed by atoms with Crippen molar-refractivity contribution in [2.45, 2.75) is 26.1 Å². The second-order valence-electron chi connectivity index (χ2n) is 5.35. The predicted octanol–water partition coefficient (Wildman–Crippen LogP) is 3.90. The van der Waals surface area contributed by atoms with Gasteiger partial charge in [-0.2, -0.15) is 5.26 Å². The summed E-state index contributed by atoms with van der Waals surface area (Å²) >= 11 is 3.30. The fourth-order valence-electron chi connectivity index (χ4n) is 2.03. The van der Waals surface area contributed by atoms with Gasteiger partial charge in [0.05, 0.1) is 11.6 Å². The summed E-state index contributed by atoms with van der Waals surface area (Å²) in [5, 5.41) is 8.76. The molecule has 6 heteroatoms. The first-order chi connectivity index (χ1) is 11.9. The van der Waals surface area contributed by atoms with E-state index in [9.17, 15) is 9.59 Å². The van der Waals surface area contributed by atoms with Crippen LogP contribution in [0.5, 0.6) is 5.75 Å². The number of ether oxygens (including phenoxy) is 2. The number of ketones is 1. The number of rotatable bonds is 6. The molecule has 0 radical (unpaired) electrons. The second kappa shape index (κ2) is 8.45. The van der Waals surface area contributed by atoms with Crippen LogP contribution in [-0.4, -0.2) is 24.0 Å². The zero-order valence-electron chi connectivity index (χ0n) is 13.7. The van der Waals surface area contributed by atoms with Crippen molar-refractivity contribution in [3.05, 3.63) is 64.1 Å². The normalized spacial score (nSPS) is 12.6. The molecular formula is C19H16BrNO4. The van der Waals surface area contributed by atoms with E-state index in [1.807, 2.05) is 6.07 Å². The summed E-state index contributed by atoms with van der Waals surface area (Å²) in [5.41, 5.74) is 0.959. The summed E-state index contributed by atoms with van der Waals surface area (Å²) in [6.07, 6.45) is -1.80. The molecule has 0 unspecified atom stereocenters. The molecule has 0 amide bonds. The minimum Gasteiger partial charge on any atom is -0.479 e. The van der Waals surface area contributed by atoms with E-state index in [4.69, 9.17) is 14.7 Å². The van der Waals surface area contributed by atoms with Crippen LogP contribution in [0, 0.1) is 11.3 Å². The minimum absolute atomic E-state index is 0.286. The van der Waals surface area contributed by atoms with Gasteiger partial charge < -0.3 is 9.47 Å². The van der Waals surface area contributed by atoms with E-state index in [0.29, 0.717) is 16.9 Å². The summed E-state index contributed by atoms with van der Waals surface area (Å²) in [6, 6.07) is 15.2. The molecule has 0 saturated heterocycles. The monoisotopic (exact) mass is 401 g/mol. The molecule has 0 bridgehead atoms. The lowest BCUT2D eigenvalue weighted by molar-refractivity contribution is -0.153. The third kappa shape index (κ3) is 5.16. The van der Waals surface area contributed by atoms with Crippen molar-refractivity contribution in [2.24, 2.45) is 0 Å². The lowest BCUT2D eigenvalue weighted by Gasteiger charge is -2.17. The van der Waals surface area contributed by atoms with Crippen LogP contribution in [-0.2, 0) is 9.53 Å². The summed E-state index contributed by atoms with van der Waals surface area (Å²) in [5.74, 6) is -0.482. The molecule has 2 aromatic carbocycles. The highest BCUT2D eigenvalue weighted by Crippen LogP contribution is 2.16. The van der Waals surface area contributed by atoms with Crippen molar-refractivity contribution < 1.29 is 19.1 Å². The molecule has 0 aliphatic carbocycles. The van der Waals surface area contributed by atoms with Gasteiger partial charge in [-0.05, 0) is 50.2 Å². The van der Waals surface area contributed by atoms with Gasteiger partial charge in [0.25, 0.3) is 0 Å². The van der Waals surface area contributed by atoms with Gasteiger partial charge in [0.2, 0.25) is 5.78 Å². The maximum atomic E-state index is 12.3. The number of nitriles is 1. The first-order valence-corrected chi connectivity index (χ1v) is 8.37. The van der Waals surface area contributed by atoms with Gasteiger partial charge in [0.1, 0.15) is 5.75 Å². The highest BCUT2D eigenvalue weighted by atomic mass is 79.9. The smallest absolute Gasteiger partial charge is 0.347 e. The topological polar surface area (TPSA) is 76.4 Å². The van der Waals surface area contributed by atoms with E-state index in [-0.39, 0.29) is 5.78 Å². The number of benzene rings is 2. The Morgan fingerprint density at radius 3 is 2.16 bits per heavy atom. The fourth-order valence-corrected chi connectivity index (χ4v) is 2.30. The summed E-state index contributed by atoms with van der Waals surface area (Å²) in [6.45, 7) is 3.06. The second-order valence-corrected chi connectivity index (χ2v) is 6.26. The predicted molar refractivity (Wildman–Crippen MR) is 95.3 cm³/mol. The van der Waals surface area contributed by atoms with Crippen LogP contribution in [0.25, 0.3) is 0 Å². The van der Waals surface area contributed by atoms with Crippen LogP contribution in [0.3, 0.4) is 0 Å². The first kappa shape index (κ1) is 18.7. The number of esters is 1. The molecule has 0 N–H and O–H groups in total. The van der Waals surface area contributed by atoms with Gasteiger partial charge >= 0.3 is 5.97 Å². The number of hydrogen-bond donors (Lipinski definition) is 0. The molecule has 0 saturated carbocycles. The number of nitrogens with zero attached hydrogens (tertiary/aromatic N) is 1. The van der Waals surface area contributed by atoms with Gasteiger partial charge in [-0.1, -0.05) is 28.1 Å². The minimum atomic E-state index is -0.916. The summed E-state index contributed by atoms with van der Waals surface area (Å²) in [7, 11) is 0. The molecular weight excluding hydrogens is 386 g/mol. The average molecular weight is 402 g/mol. The number of Topliss-reactive ketones (excluding diaryl/α,β-unsaturated/α-hetero) is 1. The van der Waals surface area contributed by atoms with Gasteiger partial charge in [-0.15, -0.1) is 0 Å². The highest BCUT2D eigenvalue weighted by molar-refractivity contribution is 9.10. The average Bonchev–Trinajstić information content (AvgIpc) is 2.62. The van der Waals surface area contributed by atoms with E-state index in [1.165, 1.54) is 13.8 Å². The van der Waals surface area contributed by atoms with Crippen LogP contribution >= 0.6 is 15.9 Å². The summed E-state index contributed by atoms with van der Waals surface area (Å²) < 4.78 is 11.5. The van der Waals surface area contributed by atoms with Gasteiger partial charge in [-0.25, -0.2) is 4.79 Å². The van der Waals surface area contributed by atoms with E-state index in [0.717, 1.165) is 4.47 Å². The van der Waals surface area contributed by atoms with Crippen molar-refractivity contribution in [1.82, 2.24) is 0 Å². The molecule has 0 aliphatic rings. The lowest BCUT2D eigenvalue weighted by Crippen LogP contribution is -2.32. The Bertz CT molecular complexity index is 794. The fraction of sp³-hybridized carbons (Fsp3) is 0.211. The zero-order chi connectivity index (χ0) is 18.4. The van der Waals surface area contributed by atoms with E-state index in [1.54, 1.807) is 48.5 Å². The summed E-state index contributed by atoms with van der Waals surface area (Å²) in [4.78, 5) is 24.4. The van der Waals surface area contributed by atoms with Gasteiger partial charge in [-0.3, -0.25) is 4.79 Å². The lowest BCUT2D eigenvalue weighted by atomic mass is 10.1. The molecule has 0 aliphatic heterocycles. The molecule has 128 valence electrons. The Morgan fingerprint density at radius 1 is 1.00 bits per heavy atom. The molecule has 25 heavy (non-hydrogen) atoms. The largest absolute Gasteiger partial charge is 0.479 e. The molecule has 0 heterocycles. The van der Waals surface area contributed by atoms with Crippen molar-refractivity contribution in [1.29, 1.82) is 5.26 Å². The van der Waals surface area contributed by atoms with E-state index in [2.05, 4.69) is 15.9 Å². The maximum Gasteiger partial charge on any atom is 0.347 e. The van der Waals surface area contributed by atoms with Crippen LogP contribution in [0.15, 0.2) is 53.0 Å². The quantitative estimate of drug-likeness (QED) is 0.541. The third-order valence-corrected chi connectivity index (χ3v) is 3.95. The molecule has 5 nitrogen and oxygen atoms in total. The van der Waals surface area contributed by atoms with Gasteiger partial charge in [0, 0.05) is 10.0 Å². The van der Waals surface area contributed by atoms with Gasteiger partial charge in [0.15, 0.2) is 12.2 Å². The Kier molecular flexibility index (Phi) is 6.31. The molecule has 0 fully saturated rings. The Balaban J connectivity index is 1.94. The third-order valence-electron chi connectivity index (χ3n) is 3.42. The van der Waals surface area contributed by atoms with Crippen LogP contribution in [0.1, 0.15) is 29.8 Å². The number of halogens is 1. The Hall–Kier alpha value is -2.65.